The van der Waals surface area contributed by atoms with Crippen molar-refractivity contribution in [2.75, 3.05) is 0 Å². The molecule has 0 radical (unpaired) electrons. The summed E-state index contributed by atoms with van der Waals surface area (Å²) in [4.78, 5) is 15.2. The van der Waals surface area contributed by atoms with E-state index in [0.717, 1.165) is 40.5 Å². The van der Waals surface area contributed by atoms with Gasteiger partial charge < -0.3 is 4.57 Å². The molecular weight excluding hydrogens is 290 g/mol. The number of aryl methyl sites for hydroxylation is 2. The predicted molar refractivity (Wildman–Crippen MR) is 92.8 cm³/mol. The van der Waals surface area contributed by atoms with Crippen molar-refractivity contribution in [1.29, 1.82) is 0 Å². The standard InChI is InChI=1S/C18H21N3O2/c1-3-4-5-6-11-20-17-8-7-14(21(22)23)12-16(17)15-9-10-19-13(2)18(15)20/h7-10,12H,3-6,11H2,1-2H3. The Morgan fingerprint density at radius 1 is 1.17 bits per heavy atom. The van der Waals surface area contributed by atoms with E-state index in [-0.39, 0.29) is 10.6 Å². The van der Waals surface area contributed by atoms with Crippen LogP contribution in [0.5, 0.6) is 0 Å². The Kier molecular flexibility index (Phi) is 4.28. The van der Waals surface area contributed by atoms with Gasteiger partial charge in [0.1, 0.15) is 0 Å². The number of aromatic nitrogens is 2. The SMILES string of the molecule is CCCCCCn1c2ccc([N+](=O)[O-])cc2c2ccnc(C)c21. The van der Waals surface area contributed by atoms with Gasteiger partial charge in [-0.1, -0.05) is 26.2 Å². The number of hydrogen-bond donors (Lipinski definition) is 0. The molecule has 23 heavy (non-hydrogen) atoms. The number of rotatable bonds is 6. The van der Waals surface area contributed by atoms with Crippen molar-refractivity contribution in [3.8, 4) is 0 Å². The molecule has 1 aromatic carbocycles. The van der Waals surface area contributed by atoms with E-state index in [9.17, 15) is 10.1 Å². The molecule has 2 aromatic heterocycles. The second kappa shape index (κ2) is 6.36. The summed E-state index contributed by atoms with van der Waals surface area (Å²) in [7, 11) is 0. The Balaban J connectivity index is 2.16. The number of nitro benzene ring substituents is 1. The zero-order valence-electron chi connectivity index (χ0n) is 13.6. The largest absolute Gasteiger partial charge is 0.339 e. The minimum absolute atomic E-state index is 0.136. The van der Waals surface area contributed by atoms with Crippen molar-refractivity contribution in [3.63, 3.8) is 0 Å². The Morgan fingerprint density at radius 3 is 2.74 bits per heavy atom. The van der Waals surface area contributed by atoms with Gasteiger partial charge in [0.25, 0.3) is 5.69 Å². The lowest BCUT2D eigenvalue weighted by molar-refractivity contribution is -0.384. The van der Waals surface area contributed by atoms with E-state index in [1.54, 1.807) is 18.3 Å². The summed E-state index contributed by atoms with van der Waals surface area (Å²) < 4.78 is 2.27. The average molecular weight is 311 g/mol. The van der Waals surface area contributed by atoms with E-state index in [1.165, 1.54) is 19.3 Å². The molecular formula is C18H21N3O2. The third-order valence-electron chi connectivity index (χ3n) is 4.38. The number of pyridine rings is 1. The highest BCUT2D eigenvalue weighted by Crippen LogP contribution is 2.33. The molecule has 0 saturated carbocycles. The van der Waals surface area contributed by atoms with Crippen LogP contribution < -0.4 is 0 Å². The highest BCUT2D eigenvalue weighted by atomic mass is 16.6. The van der Waals surface area contributed by atoms with E-state index in [1.807, 2.05) is 19.1 Å². The van der Waals surface area contributed by atoms with Crippen LogP contribution in [0, 0.1) is 17.0 Å². The molecule has 2 heterocycles. The summed E-state index contributed by atoms with van der Waals surface area (Å²) >= 11 is 0. The van der Waals surface area contributed by atoms with Gasteiger partial charge in [-0.15, -0.1) is 0 Å². The predicted octanol–water partition coefficient (Wildman–Crippen LogP) is 4.99. The molecule has 0 unspecified atom stereocenters. The van der Waals surface area contributed by atoms with Crippen molar-refractivity contribution in [1.82, 2.24) is 9.55 Å². The van der Waals surface area contributed by atoms with Crippen LogP contribution in [0.25, 0.3) is 21.8 Å². The first-order valence-electron chi connectivity index (χ1n) is 8.15. The first-order valence-corrected chi connectivity index (χ1v) is 8.15. The van der Waals surface area contributed by atoms with Crippen LogP contribution >= 0.6 is 0 Å². The van der Waals surface area contributed by atoms with Crippen molar-refractivity contribution in [3.05, 3.63) is 46.3 Å². The minimum Gasteiger partial charge on any atom is -0.339 e. The van der Waals surface area contributed by atoms with E-state index >= 15 is 0 Å². The van der Waals surface area contributed by atoms with Crippen LogP contribution in [0.1, 0.15) is 38.3 Å². The van der Waals surface area contributed by atoms with Crippen LogP contribution in [0.15, 0.2) is 30.5 Å². The van der Waals surface area contributed by atoms with Gasteiger partial charge in [-0.2, -0.15) is 0 Å². The quantitative estimate of drug-likeness (QED) is 0.366. The Bertz CT molecular complexity index is 867. The second-order valence-corrected chi connectivity index (χ2v) is 5.96. The molecule has 0 saturated heterocycles. The van der Waals surface area contributed by atoms with Gasteiger partial charge >= 0.3 is 0 Å². The van der Waals surface area contributed by atoms with Gasteiger partial charge in [-0.3, -0.25) is 15.1 Å². The van der Waals surface area contributed by atoms with Gasteiger partial charge in [0.2, 0.25) is 0 Å². The van der Waals surface area contributed by atoms with Gasteiger partial charge in [0.05, 0.1) is 16.1 Å². The molecule has 0 aliphatic carbocycles. The number of fused-ring (bicyclic) bond motifs is 3. The molecule has 5 heteroatoms. The average Bonchev–Trinajstić information content (AvgIpc) is 2.86. The zero-order chi connectivity index (χ0) is 16.4. The third-order valence-corrected chi connectivity index (χ3v) is 4.38. The maximum atomic E-state index is 11.1. The van der Waals surface area contributed by atoms with Crippen LogP contribution in [-0.2, 0) is 6.54 Å². The third kappa shape index (κ3) is 2.79. The Hall–Kier alpha value is -2.43. The van der Waals surface area contributed by atoms with Crippen molar-refractivity contribution < 1.29 is 4.92 Å². The molecule has 3 aromatic rings. The van der Waals surface area contributed by atoms with E-state index in [0.29, 0.717) is 0 Å². The topological polar surface area (TPSA) is 61.0 Å². The fraction of sp³-hybridized carbons (Fsp3) is 0.389. The molecule has 0 aliphatic heterocycles. The Labute approximate surface area is 135 Å². The van der Waals surface area contributed by atoms with Gasteiger partial charge in [0.15, 0.2) is 0 Å². The van der Waals surface area contributed by atoms with Crippen molar-refractivity contribution in [2.45, 2.75) is 46.1 Å². The fourth-order valence-electron chi connectivity index (χ4n) is 3.25. The van der Waals surface area contributed by atoms with E-state index in [2.05, 4.69) is 16.5 Å². The first-order chi connectivity index (χ1) is 11.1. The summed E-state index contributed by atoms with van der Waals surface area (Å²) in [5.41, 5.74) is 3.26. The molecule has 3 rings (SSSR count). The van der Waals surface area contributed by atoms with Gasteiger partial charge in [-0.25, -0.2) is 0 Å². The van der Waals surface area contributed by atoms with E-state index in [4.69, 9.17) is 0 Å². The van der Waals surface area contributed by atoms with Crippen LogP contribution in [-0.4, -0.2) is 14.5 Å². The molecule has 0 bridgehead atoms. The smallest absolute Gasteiger partial charge is 0.270 e. The number of hydrogen-bond acceptors (Lipinski definition) is 3. The van der Waals surface area contributed by atoms with Crippen molar-refractivity contribution >= 4 is 27.5 Å². The number of non-ortho nitro benzene ring substituents is 1. The van der Waals surface area contributed by atoms with Crippen LogP contribution in [0.2, 0.25) is 0 Å². The number of unbranched alkanes of at least 4 members (excludes halogenated alkanes) is 3. The van der Waals surface area contributed by atoms with E-state index < -0.39 is 0 Å². The normalized spacial score (nSPS) is 11.4. The minimum atomic E-state index is -0.335. The molecule has 0 aliphatic rings. The highest BCUT2D eigenvalue weighted by molar-refractivity contribution is 6.09. The molecule has 0 amide bonds. The summed E-state index contributed by atoms with van der Waals surface area (Å²) in [5.74, 6) is 0. The first kappa shape index (κ1) is 15.5. The molecule has 0 N–H and O–H groups in total. The summed E-state index contributed by atoms with van der Waals surface area (Å²) in [6, 6.07) is 7.09. The maximum absolute atomic E-state index is 11.1. The maximum Gasteiger partial charge on any atom is 0.270 e. The zero-order valence-corrected chi connectivity index (χ0v) is 13.6. The lowest BCUT2D eigenvalue weighted by atomic mass is 10.1. The Morgan fingerprint density at radius 2 is 2.00 bits per heavy atom. The summed E-state index contributed by atoms with van der Waals surface area (Å²) in [5, 5.41) is 13.1. The highest BCUT2D eigenvalue weighted by Gasteiger charge is 2.16. The monoisotopic (exact) mass is 311 g/mol. The molecule has 5 nitrogen and oxygen atoms in total. The number of nitrogens with zero attached hydrogens (tertiary/aromatic N) is 3. The lowest BCUT2D eigenvalue weighted by Gasteiger charge is -2.08. The lowest BCUT2D eigenvalue weighted by Crippen LogP contribution is -1.99. The molecule has 120 valence electrons. The van der Waals surface area contributed by atoms with Gasteiger partial charge in [-0.05, 0) is 25.5 Å². The van der Waals surface area contributed by atoms with Gasteiger partial charge in [0, 0.05) is 41.2 Å². The summed E-state index contributed by atoms with van der Waals surface area (Å²) in [6.07, 6.45) is 6.53. The van der Waals surface area contributed by atoms with Crippen LogP contribution in [0.3, 0.4) is 0 Å². The second-order valence-electron chi connectivity index (χ2n) is 5.96. The summed E-state index contributed by atoms with van der Waals surface area (Å²) in [6.45, 7) is 5.12. The van der Waals surface area contributed by atoms with Crippen LogP contribution in [0.4, 0.5) is 5.69 Å². The molecule has 0 fully saturated rings. The fourth-order valence-corrected chi connectivity index (χ4v) is 3.25. The molecule has 0 spiro atoms. The number of benzene rings is 1. The number of nitro groups is 1. The molecule has 0 atom stereocenters. The van der Waals surface area contributed by atoms with Crippen molar-refractivity contribution in [2.24, 2.45) is 0 Å².